The zero-order valence-electron chi connectivity index (χ0n) is 15.4. The van der Waals surface area contributed by atoms with E-state index in [1.54, 1.807) is 13.2 Å². The Kier molecular flexibility index (Phi) is 7.91. The number of carbonyl (C=O) groups excluding carboxylic acids is 2. The summed E-state index contributed by atoms with van der Waals surface area (Å²) < 4.78 is 15.4. The minimum Gasteiger partial charge on any atom is -0.497 e. The second-order valence-corrected chi connectivity index (χ2v) is 5.57. The summed E-state index contributed by atoms with van der Waals surface area (Å²) in [5.41, 5.74) is 1.75. The predicted molar refractivity (Wildman–Crippen MR) is 102 cm³/mol. The number of ether oxygens (including phenoxy) is 3. The lowest BCUT2D eigenvalue weighted by atomic mass is 10.2. The van der Waals surface area contributed by atoms with Crippen LogP contribution in [0, 0.1) is 0 Å². The van der Waals surface area contributed by atoms with E-state index < -0.39 is 5.97 Å². The minimum absolute atomic E-state index is 0.331. The van der Waals surface area contributed by atoms with Gasteiger partial charge in [-0.25, -0.2) is 4.79 Å². The summed E-state index contributed by atoms with van der Waals surface area (Å²) in [6.45, 7) is 2.53. The van der Waals surface area contributed by atoms with Crippen molar-refractivity contribution in [3.8, 4) is 11.5 Å². The molecule has 0 spiro atoms. The highest BCUT2D eigenvalue weighted by Gasteiger charge is 2.05. The van der Waals surface area contributed by atoms with Crippen LogP contribution in [0.15, 0.2) is 54.6 Å². The molecule has 27 heavy (non-hydrogen) atoms. The van der Waals surface area contributed by atoms with Crippen LogP contribution in [0.1, 0.15) is 18.1 Å². The first-order valence-corrected chi connectivity index (χ1v) is 8.58. The minimum atomic E-state index is -0.580. The molecule has 6 heteroatoms. The number of hydrogen-bond donors (Lipinski definition) is 1. The first-order chi connectivity index (χ1) is 13.1. The average molecular weight is 369 g/mol. The maximum atomic E-state index is 11.8. The van der Waals surface area contributed by atoms with Gasteiger partial charge in [0, 0.05) is 12.6 Å². The number of amides is 1. The van der Waals surface area contributed by atoms with Gasteiger partial charge in [0.05, 0.1) is 13.7 Å². The molecule has 2 aromatic carbocycles. The monoisotopic (exact) mass is 369 g/mol. The molecule has 0 atom stereocenters. The van der Waals surface area contributed by atoms with Crippen molar-refractivity contribution < 1.29 is 23.8 Å². The first-order valence-electron chi connectivity index (χ1n) is 8.58. The van der Waals surface area contributed by atoms with Crippen molar-refractivity contribution in [3.63, 3.8) is 0 Å². The lowest BCUT2D eigenvalue weighted by molar-refractivity contribution is -0.143. The molecule has 142 valence electrons. The van der Waals surface area contributed by atoms with Gasteiger partial charge in [0.15, 0.2) is 6.61 Å². The molecule has 1 amide bonds. The Bertz CT molecular complexity index is 766. The highest BCUT2D eigenvalue weighted by molar-refractivity contribution is 5.89. The average Bonchev–Trinajstić information content (AvgIpc) is 2.70. The summed E-state index contributed by atoms with van der Waals surface area (Å²) in [5, 5.41) is 2.69. The van der Waals surface area contributed by atoms with Gasteiger partial charge in [-0.1, -0.05) is 24.3 Å². The summed E-state index contributed by atoms with van der Waals surface area (Å²) >= 11 is 0. The van der Waals surface area contributed by atoms with Crippen LogP contribution < -0.4 is 14.8 Å². The molecule has 0 radical (unpaired) electrons. The third-order valence-corrected chi connectivity index (χ3v) is 3.60. The van der Waals surface area contributed by atoms with E-state index in [1.165, 1.54) is 6.08 Å². The molecule has 0 unspecified atom stereocenters. The zero-order valence-corrected chi connectivity index (χ0v) is 15.4. The maximum absolute atomic E-state index is 11.8. The van der Waals surface area contributed by atoms with Gasteiger partial charge in [-0.05, 0) is 48.4 Å². The van der Waals surface area contributed by atoms with E-state index >= 15 is 0 Å². The highest BCUT2D eigenvalue weighted by atomic mass is 16.5. The van der Waals surface area contributed by atoms with Crippen molar-refractivity contribution in [2.24, 2.45) is 0 Å². The number of hydrogen-bond acceptors (Lipinski definition) is 5. The molecule has 1 N–H and O–H groups in total. The Morgan fingerprint density at radius 1 is 1.00 bits per heavy atom. The van der Waals surface area contributed by atoms with Crippen LogP contribution >= 0.6 is 0 Å². The fourth-order valence-electron chi connectivity index (χ4n) is 2.19. The molecule has 0 bridgehead atoms. The van der Waals surface area contributed by atoms with Gasteiger partial charge in [-0.15, -0.1) is 0 Å². The van der Waals surface area contributed by atoms with Crippen molar-refractivity contribution in [2.45, 2.75) is 13.5 Å². The largest absolute Gasteiger partial charge is 0.497 e. The van der Waals surface area contributed by atoms with Gasteiger partial charge in [0.1, 0.15) is 11.5 Å². The molecule has 2 rings (SSSR count). The lowest BCUT2D eigenvalue weighted by Gasteiger charge is -2.06. The Morgan fingerprint density at radius 2 is 1.67 bits per heavy atom. The Balaban J connectivity index is 1.71. The molecule has 0 aliphatic heterocycles. The summed E-state index contributed by atoms with van der Waals surface area (Å²) in [6.07, 6.45) is 2.90. The first kappa shape index (κ1) is 20.0. The summed E-state index contributed by atoms with van der Waals surface area (Å²) in [4.78, 5) is 23.5. The van der Waals surface area contributed by atoms with Gasteiger partial charge < -0.3 is 19.5 Å². The van der Waals surface area contributed by atoms with Crippen molar-refractivity contribution in [1.82, 2.24) is 5.32 Å². The molecule has 0 aliphatic carbocycles. The number of rotatable bonds is 9. The lowest BCUT2D eigenvalue weighted by Crippen LogP contribution is -2.28. The Labute approximate surface area is 158 Å². The van der Waals surface area contributed by atoms with Gasteiger partial charge in [0.25, 0.3) is 5.91 Å². The van der Waals surface area contributed by atoms with Crippen molar-refractivity contribution in [1.29, 1.82) is 0 Å². The van der Waals surface area contributed by atoms with E-state index in [9.17, 15) is 9.59 Å². The predicted octanol–water partition coefficient (Wildman–Crippen LogP) is 2.97. The molecule has 0 fully saturated rings. The SMILES string of the molecule is CCOc1ccc(/C=C/C(=O)OCC(=O)NCc2ccc(OC)cc2)cc1. The van der Waals surface area contributed by atoms with Crippen LogP contribution in [-0.2, 0) is 20.9 Å². The van der Waals surface area contributed by atoms with E-state index in [-0.39, 0.29) is 12.5 Å². The molecule has 0 saturated heterocycles. The van der Waals surface area contributed by atoms with Gasteiger partial charge >= 0.3 is 5.97 Å². The zero-order chi connectivity index (χ0) is 19.5. The topological polar surface area (TPSA) is 73.9 Å². The number of nitrogens with one attached hydrogen (secondary N) is 1. The molecular weight excluding hydrogens is 346 g/mol. The van der Waals surface area contributed by atoms with E-state index in [0.29, 0.717) is 13.2 Å². The van der Waals surface area contributed by atoms with Crippen molar-refractivity contribution in [3.05, 3.63) is 65.7 Å². The van der Waals surface area contributed by atoms with Gasteiger partial charge in [-0.2, -0.15) is 0 Å². The molecule has 6 nitrogen and oxygen atoms in total. The van der Waals surface area contributed by atoms with Crippen LogP contribution in [0.3, 0.4) is 0 Å². The van der Waals surface area contributed by atoms with Crippen LogP contribution in [0.4, 0.5) is 0 Å². The van der Waals surface area contributed by atoms with Crippen LogP contribution in [0.25, 0.3) is 6.08 Å². The van der Waals surface area contributed by atoms with E-state index in [2.05, 4.69) is 5.32 Å². The normalized spacial score (nSPS) is 10.4. The third kappa shape index (κ3) is 7.23. The van der Waals surface area contributed by atoms with Crippen molar-refractivity contribution in [2.75, 3.05) is 20.3 Å². The fourth-order valence-corrected chi connectivity index (χ4v) is 2.19. The van der Waals surface area contributed by atoms with Gasteiger partial charge in [-0.3, -0.25) is 4.79 Å². The van der Waals surface area contributed by atoms with E-state index in [0.717, 1.165) is 22.6 Å². The Morgan fingerprint density at radius 3 is 2.30 bits per heavy atom. The second-order valence-electron chi connectivity index (χ2n) is 5.57. The van der Waals surface area contributed by atoms with E-state index in [1.807, 2.05) is 55.5 Å². The fraction of sp³-hybridized carbons (Fsp3) is 0.238. The standard InChI is InChI=1S/C21H23NO5/c1-3-26-19-11-4-16(5-12-19)8-13-21(24)27-15-20(23)22-14-17-6-9-18(25-2)10-7-17/h4-13H,3,14-15H2,1-2H3,(H,22,23)/b13-8+. The number of esters is 1. The Hall–Kier alpha value is -3.28. The molecule has 0 aromatic heterocycles. The quantitative estimate of drug-likeness (QED) is 0.543. The molecule has 0 saturated carbocycles. The molecule has 0 aliphatic rings. The number of benzene rings is 2. The summed E-state index contributed by atoms with van der Waals surface area (Å²) in [7, 11) is 1.59. The van der Waals surface area contributed by atoms with Crippen LogP contribution in [0.5, 0.6) is 11.5 Å². The second kappa shape index (κ2) is 10.7. The van der Waals surface area contributed by atoms with E-state index in [4.69, 9.17) is 14.2 Å². The summed E-state index contributed by atoms with van der Waals surface area (Å²) in [6, 6.07) is 14.6. The van der Waals surface area contributed by atoms with Crippen molar-refractivity contribution >= 4 is 18.0 Å². The summed E-state index contributed by atoms with van der Waals surface area (Å²) in [5.74, 6) is 0.571. The van der Waals surface area contributed by atoms with Crippen LogP contribution in [-0.4, -0.2) is 32.2 Å². The highest BCUT2D eigenvalue weighted by Crippen LogP contribution is 2.13. The number of carbonyl (C=O) groups is 2. The smallest absolute Gasteiger partial charge is 0.331 e. The van der Waals surface area contributed by atoms with Crippen LogP contribution in [0.2, 0.25) is 0 Å². The maximum Gasteiger partial charge on any atom is 0.331 e. The third-order valence-electron chi connectivity index (χ3n) is 3.60. The molecule has 0 heterocycles. The number of methoxy groups -OCH3 is 1. The molecule has 2 aromatic rings. The molecular formula is C21H23NO5. The van der Waals surface area contributed by atoms with Gasteiger partial charge in [0.2, 0.25) is 0 Å².